The van der Waals surface area contributed by atoms with Crippen LogP contribution in [0.3, 0.4) is 0 Å². The van der Waals surface area contributed by atoms with E-state index in [-0.39, 0.29) is 11.9 Å². The molecule has 0 bridgehead atoms. The van der Waals surface area contributed by atoms with Crippen LogP contribution < -0.4 is 15.8 Å². The van der Waals surface area contributed by atoms with E-state index in [1.807, 2.05) is 48.5 Å². The summed E-state index contributed by atoms with van der Waals surface area (Å²) < 4.78 is 5.72. The molecule has 3 rings (SSSR count). The van der Waals surface area contributed by atoms with Crippen molar-refractivity contribution in [2.75, 3.05) is 11.9 Å². The van der Waals surface area contributed by atoms with Crippen molar-refractivity contribution in [3.63, 3.8) is 0 Å². The van der Waals surface area contributed by atoms with Gasteiger partial charge in [-0.2, -0.15) is 0 Å². The molecular formula is C16H16N2O2. The van der Waals surface area contributed by atoms with E-state index in [0.29, 0.717) is 13.0 Å². The number of anilines is 1. The highest BCUT2D eigenvalue weighted by Gasteiger charge is 2.18. The number of amides is 1. The van der Waals surface area contributed by atoms with Crippen molar-refractivity contribution < 1.29 is 9.53 Å². The molecule has 1 aliphatic rings. The largest absolute Gasteiger partial charge is 0.492 e. The normalized spacial score (nSPS) is 14.6. The molecule has 1 atom stereocenters. The SMILES string of the molecule is N[C@@H](COc1ccc2c(c1)CC(=O)N2)c1ccccc1. The Bertz CT molecular complexity index is 626. The molecular weight excluding hydrogens is 252 g/mol. The summed E-state index contributed by atoms with van der Waals surface area (Å²) in [5.41, 5.74) is 8.98. The Morgan fingerprint density at radius 2 is 2.00 bits per heavy atom. The first-order chi connectivity index (χ1) is 9.72. The Morgan fingerprint density at radius 1 is 1.20 bits per heavy atom. The molecule has 2 aromatic carbocycles. The lowest BCUT2D eigenvalue weighted by molar-refractivity contribution is -0.115. The molecule has 0 aliphatic carbocycles. The van der Waals surface area contributed by atoms with Crippen molar-refractivity contribution in [1.29, 1.82) is 0 Å². The molecule has 0 saturated heterocycles. The molecule has 1 heterocycles. The van der Waals surface area contributed by atoms with E-state index in [9.17, 15) is 4.79 Å². The number of carbonyl (C=O) groups excluding carboxylic acids is 1. The van der Waals surface area contributed by atoms with Crippen molar-refractivity contribution >= 4 is 11.6 Å². The van der Waals surface area contributed by atoms with Crippen LogP contribution in [0.5, 0.6) is 5.75 Å². The van der Waals surface area contributed by atoms with Crippen molar-refractivity contribution in [2.24, 2.45) is 5.73 Å². The molecule has 3 N–H and O–H groups in total. The van der Waals surface area contributed by atoms with E-state index in [2.05, 4.69) is 5.32 Å². The maximum atomic E-state index is 11.3. The molecule has 0 spiro atoms. The number of nitrogens with one attached hydrogen (secondary N) is 1. The summed E-state index contributed by atoms with van der Waals surface area (Å²) in [6.45, 7) is 0.407. The van der Waals surface area contributed by atoms with Crippen LogP contribution in [0.25, 0.3) is 0 Å². The number of nitrogens with two attached hydrogens (primary N) is 1. The van der Waals surface area contributed by atoms with Crippen molar-refractivity contribution in [3.05, 3.63) is 59.7 Å². The molecule has 0 fully saturated rings. The van der Waals surface area contributed by atoms with E-state index in [1.165, 1.54) is 0 Å². The van der Waals surface area contributed by atoms with E-state index >= 15 is 0 Å². The fourth-order valence-electron chi connectivity index (χ4n) is 2.28. The lowest BCUT2D eigenvalue weighted by Gasteiger charge is -2.14. The summed E-state index contributed by atoms with van der Waals surface area (Å²) in [6, 6.07) is 15.3. The van der Waals surface area contributed by atoms with Gasteiger partial charge >= 0.3 is 0 Å². The molecule has 4 heteroatoms. The number of hydrogen-bond acceptors (Lipinski definition) is 3. The Hall–Kier alpha value is -2.33. The molecule has 2 aromatic rings. The van der Waals surface area contributed by atoms with Crippen LogP contribution in [-0.2, 0) is 11.2 Å². The summed E-state index contributed by atoms with van der Waals surface area (Å²) in [6.07, 6.45) is 0.414. The Balaban J connectivity index is 1.65. The summed E-state index contributed by atoms with van der Waals surface area (Å²) in [5, 5.41) is 2.80. The highest BCUT2D eigenvalue weighted by atomic mass is 16.5. The van der Waals surface area contributed by atoms with E-state index in [1.54, 1.807) is 0 Å². The average Bonchev–Trinajstić information content (AvgIpc) is 2.85. The predicted molar refractivity (Wildman–Crippen MR) is 77.6 cm³/mol. The topological polar surface area (TPSA) is 64.3 Å². The van der Waals surface area contributed by atoms with Gasteiger partial charge in [-0.05, 0) is 29.3 Å². The van der Waals surface area contributed by atoms with Crippen LogP contribution >= 0.6 is 0 Å². The number of ether oxygens (including phenoxy) is 1. The first-order valence-electron chi connectivity index (χ1n) is 6.58. The van der Waals surface area contributed by atoms with Gasteiger partial charge in [0, 0.05) is 5.69 Å². The maximum Gasteiger partial charge on any atom is 0.228 e. The van der Waals surface area contributed by atoms with Gasteiger partial charge in [-0.15, -0.1) is 0 Å². The first kappa shape index (κ1) is 12.7. The molecule has 4 nitrogen and oxygen atoms in total. The fraction of sp³-hybridized carbons (Fsp3) is 0.188. The summed E-state index contributed by atoms with van der Waals surface area (Å²) in [7, 11) is 0. The van der Waals surface area contributed by atoms with Crippen LogP contribution in [-0.4, -0.2) is 12.5 Å². The monoisotopic (exact) mass is 268 g/mol. The standard InChI is InChI=1S/C16H16N2O2/c17-14(11-4-2-1-3-5-11)10-20-13-6-7-15-12(8-13)9-16(19)18-15/h1-8,14H,9-10,17H2,(H,18,19)/t14-/m0/s1. The average molecular weight is 268 g/mol. The third-order valence-corrected chi connectivity index (χ3v) is 3.36. The molecule has 0 saturated carbocycles. The van der Waals surface area contributed by atoms with Gasteiger partial charge in [0.15, 0.2) is 0 Å². The predicted octanol–water partition coefficient (Wildman–Crippen LogP) is 2.26. The summed E-state index contributed by atoms with van der Waals surface area (Å²) in [5.74, 6) is 0.768. The quantitative estimate of drug-likeness (QED) is 0.894. The van der Waals surface area contributed by atoms with Crippen LogP contribution in [0.1, 0.15) is 17.2 Å². The van der Waals surface area contributed by atoms with Crippen LogP contribution in [0, 0.1) is 0 Å². The maximum absolute atomic E-state index is 11.3. The Labute approximate surface area is 117 Å². The molecule has 0 aromatic heterocycles. The highest BCUT2D eigenvalue weighted by Crippen LogP contribution is 2.27. The second-order valence-electron chi connectivity index (χ2n) is 4.87. The van der Waals surface area contributed by atoms with Gasteiger partial charge in [0.2, 0.25) is 5.91 Å². The van der Waals surface area contributed by atoms with Gasteiger partial charge in [-0.25, -0.2) is 0 Å². The van der Waals surface area contributed by atoms with Crippen LogP contribution in [0.15, 0.2) is 48.5 Å². The minimum atomic E-state index is -0.163. The lowest BCUT2D eigenvalue weighted by atomic mass is 10.1. The van der Waals surface area contributed by atoms with Crippen LogP contribution in [0.2, 0.25) is 0 Å². The smallest absolute Gasteiger partial charge is 0.228 e. The highest BCUT2D eigenvalue weighted by molar-refractivity contribution is 5.99. The number of fused-ring (bicyclic) bond motifs is 1. The van der Waals surface area contributed by atoms with E-state index in [0.717, 1.165) is 22.6 Å². The Kier molecular flexibility index (Phi) is 3.39. The summed E-state index contributed by atoms with van der Waals surface area (Å²) >= 11 is 0. The number of hydrogen-bond donors (Lipinski definition) is 2. The fourth-order valence-corrected chi connectivity index (χ4v) is 2.28. The first-order valence-corrected chi connectivity index (χ1v) is 6.58. The molecule has 0 unspecified atom stereocenters. The van der Waals surface area contributed by atoms with Crippen molar-refractivity contribution in [3.8, 4) is 5.75 Å². The number of carbonyl (C=O) groups is 1. The van der Waals surface area contributed by atoms with Gasteiger partial charge in [0.25, 0.3) is 0 Å². The van der Waals surface area contributed by atoms with E-state index < -0.39 is 0 Å². The molecule has 1 amide bonds. The van der Waals surface area contributed by atoms with Crippen molar-refractivity contribution in [2.45, 2.75) is 12.5 Å². The molecule has 1 aliphatic heterocycles. The second kappa shape index (κ2) is 5.35. The Morgan fingerprint density at radius 3 is 2.80 bits per heavy atom. The zero-order valence-corrected chi connectivity index (χ0v) is 11.0. The second-order valence-corrected chi connectivity index (χ2v) is 4.87. The zero-order chi connectivity index (χ0) is 13.9. The number of benzene rings is 2. The minimum Gasteiger partial charge on any atom is -0.492 e. The third-order valence-electron chi connectivity index (χ3n) is 3.36. The van der Waals surface area contributed by atoms with Gasteiger partial charge in [-0.3, -0.25) is 4.79 Å². The molecule has 0 radical (unpaired) electrons. The number of rotatable bonds is 4. The van der Waals surface area contributed by atoms with Gasteiger partial charge < -0.3 is 15.8 Å². The summed E-state index contributed by atoms with van der Waals surface area (Å²) in [4.78, 5) is 11.3. The third kappa shape index (κ3) is 2.65. The van der Waals surface area contributed by atoms with Crippen LogP contribution in [0.4, 0.5) is 5.69 Å². The zero-order valence-electron chi connectivity index (χ0n) is 11.0. The van der Waals surface area contributed by atoms with Gasteiger partial charge in [0.1, 0.15) is 12.4 Å². The lowest BCUT2D eigenvalue weighted by Crippen LogP contribution is -2.18. The molecule has 20 heavy (non-hydrogen) atoms. The van der Waals surface area contributed by atoms with Gasteiger partial charge in [0.05, 0.1) is 12.5 Å². The van der Waals surface area contributed by atoms with Crippen molar-refractivity contribution in [1.82, 2.24) is 0 Å². The molecule has 102 valence electrons. The van der Waals surface area contributed by atoms with Gasteiger partial charge in [-0.1, -0.05) is 30.3 Å². The minimum absolute atomic E-state index is 0.0261. The van der Waals surface area contributed by atoms with E-state index in [4.69, 9.17) is 10.5 Å².